The summed E-state index contributed by atoms with van der Waals surface area (Å²) in [4.78, 5) is 12.9. The summed E-state index contributed by atoms with van der Waals surface area (Å²) in [5, 5.41) is 2.87. The normalized spacial score (nSPS) is 18.2. The van der Waals surface area contributed by atoms with Crippen molar-refractivity contribution in [3.8, 4) is 0 Å². The predicted octanol–water partition coefficient (Wildman–Crippen LogP) is 3.10. The Morgan fingerprint density at radius 3 is 2.36 bits per heavy atom. The second kappa shape index (κ2) is 6.98. The Hall–Kier alpha value is -2.18. The highest BCUT2D eigenvalue weighted by molar-refractivity contribution is 7.89. The van der Waals surface area contributed by atoms with Crippen LogP contribution in [0.1, 0.15) is 24.0 Å². The summed E-state index contributed by atoms with van der Waals surface area (Å²) >= 11 is 0. The summed E-state index contributed by atoms with van der Waals surface area (Å²) in [5.74, 6) is -0.276. The molecule has 1 aliphatic heterocycles. The second-order valence-corrected chi connectivity index (χ2v) is 8.34. The molecule has 0 bridgehead atoms. The van der Waals surface area contributed by atoms with Crippen molar-refractivity contribution in [3.63, 3.8) is 0 Å². The Balaban J connectivity index is 1.82. The number of hydrogen-bond acceptors (Lipinski definition) is 3. The lowest BCUT2D eigenvalue weighted by Gasteiger charge is -2.23. The number of nitrogens with zero attached hydrogens (tertiary/aromatic N) is 1. The minimum absolute atomic E-state index is 0.223. The molecule has 0 spiro atoms. The fraction of sp³-hybridized carbons (Fsp3) is 0.316. The fourth-order valence-electron chi connectivity index (χ4n) is 3.29. The molecule has 1 N–H and O–H groups in total. The van der Waals surface area contributed by atoms with E-state index in [9.17, 15) is 13.2 Å². The molecule has 0 radical (unpaired) electrons. The highest BCUT2D eigenvalue weighted by Crippen LogP contribution is 2.27. The van der Waals surface area contributed by atoms with Gasteiger partial charge < -0.3 is 5.32 Å². The minimum atomic E-state index is -3.67. The van der Waals surface area contributed by atoms with E-state index in [1.165, 1.54) is 4.31 Å². The van der Waals surface area contributed by atoms with Crippen molar-refractivity contribution in [1.82, 2.24) is 4.31 Å². The first-order valence-electron chi connectivity index (χ1n) is 8.34. The molecule has 1 atom stereocenters. The van der Waals surface area contributed by atoms with Crippen molar-refractivity contribution < 1.29 is 13.2 Å². The van der Waals surface area contributed by atoms with E-state index in [1.807, 2.05) is 32.0 Å². The van der Waals surface area contributed by atoms with Gasteiger partial charge in [0.2, 0.25) is 15.9 Å². The van der Waals surface area contributed by atoms with Gasteiger partial charge in [0.25, 0.3) is 0 Å². The lowest BCUT2D eigenvalue weighted by Crippen LogP contribution is -2.43. The van der Waals surface area contributed by atoms with Crippen molar-refractivity contribution in [2.24, 2.45) is 0 Å². The first-order chi connectivity index (χ1) is 11.9. The monoisotopic (exact) mass is 358 g/mol. The molecule has 2 aromatic rings. The van der Waals surface area contributed by atoms with Crippen LogP contribution in [0.5, 0.6) is 0 Å². The van der Waals surface area contributed by atoms with Crippen LogP contribution in [0.3, 0.4) is 0 Å². The van der Waals surface area contributed by atoms with Crippen LogP contribution >= 0.6 is 0 Å². The topological polar surface area (TPSA) is 66.5 Å². The van der Waals surface area contributed by atoms with E-state index in [2.05, 4.69) is 5.32 Å². The fourth-order valence-corrected chi connectivity index (χ4v) is 4.97. The van der Waals surface area contributed by atoms with Crippen LogP contribution in [0.4, 0.5) is 5.69 Å². The van der Waals surface area contributed by atoms with Gasteiger partial charge in [-0.15, -0.1) is 0 Å². The van der Waals surface area contributed by atoms with Crippen LogP contribution in [-0.4, -0.2) is 31.2 Å². The summed E-state index contributed by atoms with van der Waals surface area (Å²) in [6.45, 7) is 4.29. The number of rotatable bonds is 4. The summed E-state index contributed by atoms with van der Waals surface area (Å²) in [6.07, 6.45) is 1.21. The number of anilines is 1. The zero-order valence-electron chi connectivity index (χ0n) is 14.4. The lowest BCUT2D eigenvalue weighted by atomic mass is 10.1. The molecule has 0 aromatic heterocycles. The zero-order valence-corrected chi connectivity index (χ0v) is 15.2. The van der Waals surface area contributed by atoms with E-state index in [0.29, 0.717) is 25.1 Å². The van der Waals surface area contributed by atoms with E-state index in [-0.39, 0.29) is 10.8 Å². The molecular formula is C19H22N2O3S. The molecule has 6 heteroatoms. The van der Waals surface area contributed by atoms with Gasteiger partial charge in [0.05, 0.1) is 4.90 Å². The molecule has 1 aliphatic rings. The van der Waals surface area contributed by atoms with E-state index >= 15 is 0 Å². The van der Waals surface area contributed by atoms with E-state index in [4.69, 9.17) is 0 Å². The molecule has 1 saturated heterocycles. The van der Waals surface area contributed by atoms with Crippen LogP contribution in [0.15, 0.2) is 53.4 Å². The number of carbonyl (C=O) groups is 1. The van der Waals surface area contributed by atoms with Gasteiger partial charge in [0, 0.05) is 12.2 Å². The van der Waals surface area contributed by atoms with Crippen LogP contribution in [0.2, 0.25) is 0 Å². The highest BCUT2D eigenvalue weighted by atomic mass is 32.2. The molecule has 1 unspecified atom stereocenters. The van der Waals surface area contributed by atoms with Gasteiger partial charge in [-0.25, -0.2) is 8.42 Å². The number of carbonyl (C=O) groups excluding carboxylic acids is 1. The number of sulfonamides is 1. The molecule has 2 aromatic carbocycles. The average molecular weight is 358 g/mol. The maximum Gasteiger partial charge on any atom is 0.243 e. The minimum Gasteiger partial charge on any atom is -0.325 e. The van der Waals surface area contributed by atoms with Crippen molar-refractivity contribution in [2.75, 3.05) is 11.9 Å². The smallest absolute Gasteiger partial charge is 0.243 e. The molecule has 25 heavy (non-hydrogen) atoms. The number of hydrogen-bond donors (Lipinski definition) is 1. The molecule has 5 nitrogen and oxygen atoms in total. The maximum atomic E-state index is 12.9. The zero-order chi connectivity index (χ0) is 18.0. The molecular weight excluding hydrogens is 336 g/mol. The lowest BCUT2D eigenvalue weighted by molar-refractivity contribution is -0.119. The number of amides is 1. The molecule has 3 rings (SSSR count). The van der Waals surface area contributed by atoms with E-state index < -0.39 is 16.1 Å². The Morgan fingerprint density at radius 1 is 1.08 bits per heavy atom. The van der Waals surface area contributed by atoms with Crippen LogP contribution < -0.4 is 5.32 Å². The Labute approximate surface area is 148 Å². The molecule has 1 fully saturated rings. The first kappa shape index (κ1) is 17.6. The van der Waals surface area contributed by atoms with Gasteiger partial charge in [-0.05, 0) is 62.1 Å². The maximum absolute atomic E-state index is 12.9. The van der Waals surface area contributed by atoms with Crippen molar-refractivity contribution in [3.05, 3.63) is 59.7 Å². The van der Waals surface area contributed by atoms with E-state index in [1.54, 1.807) is 30.3 Å². The average Bonchev–Trinajstić information content (AvgIpc) is 3.05. The van der Waals surface area contributed by atoms with Crippen LogP contribution in [0.25, 0.3) is 0 Å². The van der Waals surface area contributed by atoms with Gasteiger partial charge in [-0.1, -0.05) is 24.3 Å². The van der Waals surface area contributed by atoms with Gasteiger partial charge in [-0.3, -0.25) is 4.79 Å². The van der Waals surface area contributed by atoms with Crippen molar-refractivity contribution >= 4 is 21.6 Å². The Bertz CT molecular complexity index is 859. The summed E-state index contributed by atoms with van der Waals surface area (Å²) < 4.78 is 27.0. The standard InChI is InChI=1S/C19H22N2O3S/c1-14-11-15(2)13-16(12-14)20-19(22)18-9-6-10-21(18)25(23,24)17-7-4-3-5-8-17/h3-5,7-8,11-13,18H,6,9-10H2,1-2H3,(H,20,22). The number of nitrogens with one attached hydrogen (secondary N) is 1. The third-order valence-electron chi connectivity index (χ3n) is 4.35. The van der Waals surface area contributed by atoms with Gasteiger partial charge in [0.15, 0.2) is 0 Å². The predicted molar refractivity (Wildman–Crippen MR) is 97.9 cm³/mol. The molecule has 132 valence electrons. The van der Waals surface area contributed by atoms with Gasteiger partial charge in [0.1, 0.15) is 6.04 Å². The summed E-state index contributed by atoms with van der Waals surface area (Å²) in [6, 6.07) is 13.4. The van der Waals surface area contributed by atoms with Gasteiger partial charge >= 0.3 is 0 Å². The van der Waals surface area contributed by atoms with Crippen molar-refractivity contribution in [1.29, 1.82) is 0 Å². The first-order valence-corrected chi connectivity index (χ1v) is 9.78. The largest absolute Gasteiger partial charge is 0.325 e. The highest BCUT2D eigenvalue weighted by Gasteiger charge is 2.39. The van der Waals surface area contributed by atoms with Crippen LogP contribution in [0, 0.1) is 13.8 Å². The van der Waals surface area contributed by atoms with Gasteiger partial charge in [-0.2, -0.15) is 4.31 Å². The molecule has 1 heterocycles. The summed E-state index contributed by atoms with van der Waals surface area (Å²) in [5.41, 5.74) is 2.80. The Morgan fingerprint density at radius 2 is 1.72 bits per heavy atom. The molecule has 0 saturated carbocycles. The number of aryl methyl sites for hydroxylation is 2. The van der Waals surface area contributed by atoms with E-state index in [0.717, 1.165) is 11.1 Å². The quantitative estimate of drug-likeness (QED) is 0.913. The van der Waals surface area contributed by atoms with Crippen molar-refractivity contribution in [2.45, 2.75) is 37.6 Å². The SMILES string of the molecule is Cc1cc(C)cc(NC(=O)C2CCCN2S(=O)(=O)c2ccccc2)c1. The summed E-state index contributed by atoms with van der Waals surface area (Å²) in [7, 11) is -3.67. The number of benzene rings is 2. The molecule has 0 aliphatic carbocycles. The third-order valence-corrected chi connectivity index (χ3v) is 6.27. The third kappa shape index (κ3) is 3.75. The molecule has 1 amide bonds. The second-order valence-electron chi connectivity index (χ2n) is 6.45. The van der Waals surface area contributed by atoms with Crippen LogP contribution in [-0.2, 0) is 14.8 Å². The Kier molecular flexibility index (Phi) is 4.92.